The molecule has 4 nitrogen and oxygen atoms in total. The van der Waals surface area contributed by atoms with Crippen LogP contribution in [-0.2, 0) is 4.79 Å². The molecule has 0 saturated heterocycles. The zero-order chi connectivity index (χ0) is 12.4. The summed E-state index contributed by atoms with van der Waals surface area (Å²) >= 11 is 0. The molecule has 0 bridgehead atoms. The van der Waals surface area contributed by atoms with Crippen molar-refractivity contribution in [3.8, 4) is 11.5 Å². The van der Waals surface area contributed by atoms with Crippen molar-refractivity contribution in [2.24, 2.45) is 0 Å². The van der Waals surface area contributed by atoms with Gasteiger partial charge in [0, 0.05) is 10.8 Å². The molecule has 88 valence electrons. The number of aromatic hydroxyl groups is 1. The highest BCUT2D eigenvalue weighted by atomic mass is 16.5. The fraction of sp³-hybridized carbons (Fsp3) is 0.154. The van der Waals surface area contributed by atoms with Crippen molar-refractivity contribution < 1.29 is 19.7 Å². The van der Waals surface area contributed by atoms with E-state index in [2.05, 4.69) is 0 Å². The summed E-state index contributed by atoms with van der Waals surface area (Å²) in [6.45, 7) is 1.46. The monoisotopic (exact) mass is 232 g/mol. The van der Waals surface area contributed by atoms with Crippen molar-refractivity contribution in [2.45, 2.75) is 13.0 Å². The van der Waals surface area contributed by atoms with Gasteiger partial charge in [-0.2, -0.15) is 0 Å². The lowest BCUT2D eigenvalue weighted by Gasteiger charge is -2.12. The van der Waals surface area contributed by atoms with Gasteiger partial charge in [0.1, 0.15) is 11.5 Å². The molecule has 17 heavy (non-hydrogen) atoms. The second-order valence-corrected chi connectivity index (χ2v) is 3.73. The van der Waals surface area contributed by atoms with Crippen LogP contribution in [0.25, 0.3) is 10.8 Å². The van der Waals surface area contributed by atoms with E-state index in [1.807, 2.05) is 0 Å². The van der Waals surface area contributed by atoms with Crippen molar-refractivity contribution in [1.82, 2.24) is 0 Å². The van der Waals surface area contributed by atoms with Crippen LogP contribution in [0.2, 0.25) is 0 Å². The fourth-order valence-electron chi connectivity index (χ4n) is 1.61. The Morgan fingerprint density at radius 1 is 1.18 bits per heavy atom. The molecule has 0 aromatic heterocycles. The maximum Gasteiger partial charge on any atom is 0.344 e. The van der Waals surface area contributed by atoms with Gasteiger partial charge in [-0.15, -0.1) is 0 Å². The Kier molecular flexibility index (Phi) is 2.87. The van der Waals surface area contributed by atoms with Gasteiger partial charge in [-0.3, -0.25) is 0 Å². The first-order valence-electron chi connectivity index (χ1n) is 5.20. The normalized spacial score (nSPS) is 12.3. The van der Waals surface area contributed by atoms with Gasteiger partial charge < -0.3 is 14.9 Å². The summed E-state index contributed by atoms with van der Waals surface area (Å²) < 4.78 is 5.33. The molecule has 0 spiro atoms. The standard InChI is InChI=1S/C13H12O4/c1-8(13(15)16)17-12-7-3-4-9-10(12)5-2-6-11(9)14/h2-8,14H,1H3,(H,15,16). The van der Waals surface area contributed by atoms with Gasteiger partial charge in [-0.25, -0.2) is 4.79 Å². The summed E-state index contributed by atoms with van der Waals surface area (Å²) in [6.07, 6.45) is -0.928. The minimum atomic E-state index is -1.03. The first-order valence-corrected chi connectivity index (χ1v) is 5.20. The Morgan fingerprint density at radius 3 is 2.53 bits per heavy atom. The summed E-state index contributed by atoms with van der Waals surface area (Å²) in [6, 6.07) is 10.2. The number of rotatable bonds is 3. The molecule has 2 aromatic carbocycles. The number of aliphatic carboxylic acids is 1. The molecular formula is C13H12O4. The molecule has 0 aliphatic carbocycles. The Morgan fingerprint density at radius 2 is 1.82 bits per heavy atom. The molecule has 1 atom stereocenters. The van der Waals surface area contributed by atoms with Crippen molar-refractivity contribution >= 4 is 16.7 Å². The van der Waals surface area contributed by atoms with Crippen molar-refractivity contribution in [3.63, 3.8) is 0 Å². The van der Waals surface area contributed by atoms with E-state index in [4.69, 9.17) is 9.84 Å². The first kappa shape index (κ1) is 11.3. The zero-order valence-corrected chi connectivity index (χ0v) is 9.25. The van der Waals surface area contributed by atoms with Crippen LogP contribution < -0.4 is 4.74 Å². The Balaban J connectivity index is 2.48. The van der Waals surface area contributed by atoms with Gasteiger partial charge in [0.2, 0.25) is 0 Å². The van der Waals surface area contributed by atoms with E-state index in [1.165, 1.54) is 6.92 Å². The molecule has 0 aliphatic rings. The van der Waals surface area contributed by atoms with E-state index >= 15 is 0 Å². The quantitative estimate of drug-likeness (QED) is 0.852. The molecule has 2 aromatic rings. The lowest BCUT2D eigenvalue weighted by atomic mass is 10.1. The molecule has 2 N–H and O–H groups in total. The van der Waals surface area contributed by atoms with Crippen molar-refractivity contribution in [1.29, 1.82) is 0 Å². The number of fused-ring (bicyclic) bond motifs is 1. The predicted molar refractivity (Wildman–Crippen MR) is 63.3 cm³/mol. The summed E-state index contributed by atoms with van der Waals surface area (Å²) in [5.74, 6) is -0.425. The van der Waals surface area contributed by atoms with E-state index in [-0.39, 0.29) is 5.75 Å². The number of ether oxygens (including phenoxy) is 1. The van der Waals surface area contributed by atoms with E-state index < -0.39 is 12.1 Å². The number of carbonyl (C=O) groups is 1. The topological polar surface area (TPSA) is 66.8 Å². The number of benzene rings is 2. The van der Waals surface area contributed by atoms with Crippen LogP contribution >= 0.6 is 0 Å². The fourth-order valence-corrected chi connectivity index (χ4v) is 1.61. The molecule has 4 heteroatoms. The van der Waals surface area contributed by atoms with E-state index in [9.17, 15) is 9.90 Å². The summed E-state index contributed by atoms with van der Waals surface area (Å²) in [4.78, 5) is 10.7. The molecule has 1 unspecified atom stereocenters. The lowest BCUT2D eigenvalue weighted by Crippen LogP contribution is -2.22. The highest BCUT2D eigenvalue weighted by Gasteiger charge is 2.14. The first-order chi connectivity index (χ1) is 8.09. The third-order valence-corrected chi connectivity index (χ3v) is 2.51. The van der Waals surface area contributed by atoms with Crippen LogP contribution in [0.4, 0.5) is 0 Å². The molecule has 0 aliphatic heterocycles. The SMILES string of the molecule is CC(Oc1cccc2c(O)cccc12)C(=O)O. The lowest BCUT2D eigenvalue weighted by molar-refractivity contribution is -0.144. The average molecular weight is 232 g/mol. The average Bonchev–Trinajstić information content (AvgIpc) is 2.30. The second-order valence-electron chi connectivity index (χ2n) is 3.73. The highest BCUT2D eigenvalue weighted by molar-refractivity contribution is 5.93. The van der Waals surface area contributed by atoms with Gasteiger partial charge >= 0.3 is 5.97 Å². The Hall–Kier alpha value is -2.23. The second kappa shape index (κ2) is 4.33. The Labute approximate surface area is 98.1 Å². The molecule has 0 radical (unpaired) electrons. The zero-order valence-electron chi connectivity index (χ0n) is 9.25. The van der Waals surface area contributed by atoms with Gasteiger partial charge in [0.25, 0.3) is 0 Å². The largest absolute Gasteiger partial charge is 0.507 e. The molecule has 0 amide bonds. The molecule has 0 saturated carbocycles. The van der Waals surface area contributed by atoms with Crippen LogP contribution in [-0.4, -0.2) is 22.3 Å². The third kappa shape index (κ3) is 2.15. The predicted octanol–water partition coefficient (Wildman–Crippen LogP) is 2.40. The van der Waals surface area contributed by atoms with Crippen LogP contribution in [0.5, 0.6) is 11.5 Å². The summed E-state index contributed by atoms with van der Waals surface area (Å²) in [5.41, 5.74) is 0. The summed E-state index contributed by atoms with van der Waals surface area (Å²) in [7, 11) is 0. The van der Waals surface area contributed by atoms with Crippen LogP contribution in [0.1, 0.15) is 6.92 Å². The van der Waals surface area contributed by atoms with Gasteiger partial charge in [-0.1, -0.05) is 24.3 Å². The molecule has 0 fully saturated rings. The number of phenols is 1. The van der Waals surface area contributed by atoms with Crippen LogP contribution in [0, 0.1) is 0 Å². The van der Waals surface area contributed by atoms with Gasteiger partial charge in [-0.05, 0) is 19.1 Å². The molecule has 0 heterocycles. The minimum Gasteiger partial charge on any atom is -0.507 e. The van der Waals surface area contributed by atoms with Gasteiger partial charge in [0.15, 0.2) is 6.10 Å². The van der Waals surface area contributed by atoms with E-state index in [1.54, 1.807) is 36.4 Å². The van der Waals surface area contributed by atoms with Crippen LogP contribution in [0.3, 0.4) is 0 Å². The molecular weight excluding hydrogens is 220 g/mol. The molecule has 2 rings (SSSR count). The smallest absolute Gasteiger partial charge is 0.344 e. The number of hydrogen-bond donors (Lipinski definition) is 2. The number of phenolic OH excluding ortho intramolecular Hbond substituents is 1. The van der Waals surface area contributed by atoms with Crippen molar-refractivity contribution in [3.05, 3.63) is 36.4 Å². The van der Waals surface area contributed by atoms with E-state index in [0.29, 0.717) is 16.5 Å². The van der Waals surface area contributed by atoms with Gasteiger partial charge in [0.05, 0.1) is 0 Å². The number of hydrogen-bond acceptors (Lipinski definition) is 3. The van der Waals surface area contributed by atoms with Crippen molar-refractivity contribution in [2.75, 3.05) is 0 Å². The Bertz CT molecular complexity index is 562. The third-order valence-electron chi connectivity index (χ3n) is 2.51. The highest BCUT2D eigenvalue weighted by Crippen LogP contribution is 2.31. The maximum absolute atomic E-state index is 10.7. The number of carboxylic acids is 1. The minimum absolute atomic E-state index is 0.149. The number of carboxylic acid groups (broad SMARTS) is 1. The van der Waals surface area contributed by atoms with Crippen LogP contribution in [0.15, 0.2) is 36.4 Å². The summed E-state index contributed by atoms with van der Waals surface area (Å²) in [5, 5.41) is 19.8. The van der Waals surface area contributed by atoms with E-state index in [0.717, 1.165) is 0 Å². The maximum atomic E-state index is 10.7.